The minimum atomic E-state index is -4.26. The number of esters is 1. The third-order valence-electron chi connectivity index (χ3n) is 1.71. The van der Waals surface area contributed by atoms with E-state index < -0.39 is 32.0 Å². The lowest BCUT2D eigenvalue weighted by atomic mass is 10.4. The summed E-state index contributed by atoms with van der Waals surface area (Å²) in [5.41, 5.74) is 0. The van der Waals surface area contributed by atoms with Crippen LogP contribution in [0, 0.1) is 0 Å². The summed E-state index contributed by atoms with van der Waals surface area (Å²) in [7, 11) is -8.46. The van der Waals surface area contributed by atoms with Crippen molar-refractivity contribution < 1.29 is 26.4 Å². The maximum atomic E-state index is 11.7. The highest BCUT2D eigenvalue weighted by Crippen LogP contribution is 2.08. The molecule has 1 aromatic carbocycles. The Balaban J connectivity index is 2.87. The molecule has 0 amide bonds. The molecule has 0 radical (unpaired) electrons. The van der Waals surface area contributed by atoms with Gasteiger partial charge in [-0.1, -0.05) is 18.2 Å². The van der Waals surface area contributed by atoms with Crippen LogP contribution in [0.15, 0.2) is 35.2 Å². The first-order valence-electron chi connectivity index (χ1n) is 4.68. The average molecular weight is 293 g/mol. The molecule has 100 valence electrons. The summed E-state index contributed by atoms with van der Waals surface area (Å²) in [6, 6.07) is 6.97. The second-order valence-electron chi connectivity index (χ2n) is 3.27. The second kappa shape index (κ2) is 5.46. The zero-order valence-corrected chi connectivity index (χ0v) is 11.0. The zero-order valence-electron chi connectivity index (χ0n) is 9.36. The number of benzene rings is 1. The molecule has 0 aliphatic carbocycles. The minimum absolute atomic E-state index is 0.198. The number of carbonyl (C=O) groups excluding carboxylic acids is 1. The van der Waals surface area contributed by atoms with E-state index in [1.54, 1.807) is 6.07 Å². The molecule has 18 heavy (non-hydrogen) atoms. The SMILES string of the molecule is CC(=O)OCS(=O)(=O)NS(=O)(=O)c1ccccc1. The zero-order chi connectivity index (χ0) is 13.8. The summed E-state index contributed by atoms with van der Waals surface area (Å²) >= 11 is 0. The molecule has 1 N–H and O–H groups in total. The Morgan fingerprint density at radius 3 is 2.22 bits per heavy atom. The highest BCUT2D eigenvalue weighted by molar-refractivity contribution is 8.04. The predicted molar refractivity (Wildman–Crippen MR) is 62.3 cm³/mol. The van der Waals surface area contributed by atoms with Crippen LogP contribution in [-0.2, 0) is 29.6 Å². The van der Waals surface area contributed by atoms with Gasteiger partial charge in [0.2, 0.25) is 5.94 Å². The molecule has 1 rings (SSSR count). The van der Waals surface area contributed by atoms with Crippen LogP contribution in [-0.4, -0.2) is 28.7 Å². The van der Waals surface area contributed by atoms with Gasteiger partial charge in [-0.15, -0.1) is 4.13 Å². The first-order chi connectivity index (χ1) is 8.23. The first-order valence-corrected chi connectivity index (χ1v) is 7.81. The van der Waals surface area contributed by atoms with Crippen LogP contribution in [0.2, 0.25) is 0 Å². The van der Waals surface area contributed by atoms with Gasteiger partial charge in [-0.25, -0.2) is 16.8 Å². The van der Waals surface area contributed by atoms with Crippen LogP contribution in [0.1, 0.15) is 6.92 Å². The van der Waals surface area contributed by atoms with Crippen molar-refractivity contribution in [3.8, 4) is 0 Å². The Morgan fingerprint density at radius 2 is 1.72 bits per heavy atom. The van der Waals surface area contributed by atoms with Crippen molar-refractivity contribution in [2.24, 2.45) is 0 Å². The molecule has 0 spiro atoms. The van der Waals surface area contributed by atoms with E-state index in [0.29, 0.717) is 0 Å². The molecule has 0 atom stereocenters. The maximum absolute atomic E-state index is 11.7. The summed E-state index contributed by atoms with van der Waals surface area (Å²) in [6.45, 7) is 1.02. The van der Waals surface area contributed by atoms with Crippen LogP contribution in [0.3, 0.4) is 0 Å². The average Bonchev–Trinajstić information content (AvgIpc) is 2.26. The van der Waals surface area contributed by atoms with Gasteiger partial charge >= 0.3 is 5.97 Å². The smallest absolute Gasteiger partial charge is 0.303 e. The number of sulfonamides is 2. The van der Waals surface area contributed by atoms with Gasteiger partial charge in [0.15, 0.2) is 0 Å². The highest BCUT2D eigenvalue weighted by atomic mass is 32.3. The summed E-state index contributed by atoms with van der Waals surface area (Å²) in [4.78, 5) is 10.3. The minimum Gasteiger partial charge on any atom is -0.448 e. The highest BCUT2D eigenvalue weighted by Gasteiger charge is 2.23. The summed E-state index contributed by atoms with van der Waals surface area (Å²) in [6.07, 6.45) is 0. The van der Waals surface area contributed by atoms with E-state index in [-0.39, 0.29) is 4.90 Å². The monoisotopic (exact) mass is 293 g/mol. The van der Waals surface area contributed by atoms with Crippen molar-refractivity contribution in [1.82, 2.24) is 4.13 Å². The maximum Gasteiger partial charge on any atom is 0.303 e. The Labute approximate surface area is 105 Å². The molecule has 7 nitrogen and oxygen atoms in total. The van der Waals surface area contributed by atoms with E-state index in [1.807, 2.05) is 0 Å². The van der Waals surface area contributed by atoms with Crippen LogP contribution in [0.5, 0.6) is 0 Å². The molecule has 0 saturated carbocycles. The Kier molecular flexibility index (Phi) is 4.43. The molecule has 0 aromatic heterocycles. The fourth-order valence-corrected chi connectivity index (χ4v) is 3.75. The molecule has 0 aliphatic rings. The summed E-state index contributed by atoms with van der Waals surface area (Å²) in [5.74, 6) is -1.87. The Hall–Kier alpha value is -1.45. The van der Waals surface area contributed by atoms with Crippen LogP contribution < -0.4 is 4.13 Å². The summed E-state index contributed by atoms with van der Waals surface area (Å²) < 4.78 is 51.7. The third-order valence-corrected chi connectivity index (χ3v) is 4.92. The quantitative estimate of drug-likeness (QED) is 0.754. The molecule has 0 unspecified atom stereocenters. The van der Waals surface area contributed by atoms with Crippen molar-refractivity contribution in [2.75, 3.05) is 5.94 Å². The van der Waals surface area contributed by atoms with Crippen molar-refractivity contribution >= 4 is 26.0 Å². The van der Waals surface area contributed by atoms with Crippen LogP contribution in [0.25, 0.3) is 0 Å². The van der Waals surface area contributed by atoms with Gasteiger partial charge in [0, 0.05) is 6.92 Å². The number of rotatable bonds is 5. The van der Waals surface area contributed by atoms with Crippen molar-refractivity contribution in [3.05, 3.63) is 30.3 Å². The van der Waals surface area contributed by atoms with E-state index in [4.69, 9.17) is 0 Å². The first kappa shape index (κ1) is 14.6. The molecule has 0 heterocycles. The molecular formula is C9H11NO6S2. The summed E-state index contributed by atoms with van der Waals surface area (Å²) in [5, 5.41) is 0. The van der Waals surface area contributed by atoms with Crippen molar-refractivity contribution in [3.63, 3.8) is 0 Å². The van der Waals surface area contributed by atoms with E-state index in [0.717, 1.165) is 6.92 Å². The lowest BCUT2D eigenvalue weighted by Gasteiger charge is -2.07. The van der Waals surface area contributed by atoms with Gasteiger partial charge in [-0.2, -0.15) is 0 Å². The van der Waals surface area contributed by atoms with E-state index in [1.165, 1.54) is 28.4 Å². The van der Waals surface area contributed by atoms with Crippen LogP contribution >= 0.6 is 0 Å². The standard InChI is InChI=1S/C9H11NO6S2/c1-8(11)16-7-17(12,13)10-18(14,15)9-5-3-2-4-6-9/h2-6,10H,7H2,1H3. The Bertz CT molecular complexity index is 620. The molecular weight excluding hydrogens is 282 g/mol. The normalized spacial score (nSPS) is 12.1. The fraction of sp³-hybridized carbons (Fsp3) is 0.222. The van der Waals surface area contributed by atoms with Gasteiger partial charge in [0.1, 0.15) is 0 Å². The molecule has 0 saturated heterocycles. The van der Waals surface area contributed by atoms with E-state index in [2.05, 4.69) is 4.74 Å². The number of nitrogens with one attached hydrogen (secondary N) is 1. The van der Waals surface area contributed by atoms with Crippen molar-refractivity contribution in [1.29, 1.82) is 0 Å². The largest absolute Gasteiger partial charge is 0.448 e. The van der Waals surface area contributed by atoms with E-state index >= 15 is 0 Å². The van der Waals surface area contributed by atoms with Gasteiger partial charge in [0.25, 0.3) is 20.0 Å². The lowest BCUT2D eigenvalue weighted by molar-refractivity contribution is -0.138. The second-order valence-corrected chi connectivity index (χ2v) is 6.88. The van der Waals surface area contributed by atoms with Gasteiger partial charge in [-0.3, -0.25) is 4.79 Å². The van der Waals surface area contributed by atoms with Gasteiger partial charge in [-0.05, 0) is 12.1 Å². The fourth-order valence-electron chi connectivity index (χ4n) is 1.000. The molecule has 1 aromatic rings. The lowest BCUT2D eigenvalue weighted by Crippen LogP contribution is -2.33. The Morgan fingerprint density at radius 1 is 1.17 bits per heavy atom. The van der Waals surface area contributed by atoms with Crippen LogP contribution in [0.4, 0.5) is 0 Å². The van der Waals surface area contributed by atoms with E-state index in [9.17, 15) is 21.6 Å². The van der Waals surface area contributed by atoms with Gasteiger partial charge < -0.3 is 4.74 Å². The molecule has 9 heteroatoms. The molecule has 0 aliphatic heterocycles. The third kappa shape index (κ3) is 4.43. The number of carbonyl (C=O) groups is 1. The van der Waals surface area contributed by atoms with Gasteiger partial charge in [0.05, 0.1) is 4.90 Å². The van der Waals surface area contributed by atoms with Crippen molar-refractivity contribution in [2.45, 2.75) is 11.8 Å². The predicted octanol–water partition coefficient (Wildman–Crippen LogP) is -0.185. The number of hydrogen-bond acceptors (Lipinski definition) is 6. The molecule has 0 bridgehead atoms. The number of hydrogen-bond donors (Lipinski definition) is 1. The molecule has 0 fully saturated rings. The number of ether oxygens (including phenoxy) is 1. The topological polar surface area (TPSA) is 107 Å².